The van der Waals surface area contributed by atoms with Crippen molar-refractivity contribution in [3.8, 4) is 17.1 Å². The quantitative estimate of drug-likeness (QED) is 0.227. The number of aromatic nitrogens is 5. The molecule has 3 aromatic heterocycles. The van der Waals surface area contributed by atoms with Gasteiger partial charge in [-0.05, 0) is 29.8 Å². The Balaban J connectivity index is 1.49. The molecular formula is C29H18F5N5O2. The second-order valence-electron chi connectivity index (χ2n) is 9.27. The van der Waals surface area contributed by atoms with Crippen molar-refractivity contribution in [3.63, 3.8) is 0 Å². The number of nitrogens with zero attached hydrogens (tertiary/aromatic N) is 5. The lowest BCUT2D eigenvalue weighted by Crippen LogP contribution is -2.15. The number of hydrogen-bond acceptors (Lipinski definition) is 5. The summed E-state index contributed by atoms with van der Waals surface area (Å²) in [4.78, 5) is 21.8. The van der Waals surface area contributed by atoms with Gasteiger partial charge in [-0.25, -0.2) is 13.8 Å². The molecule has 0 N–H and O–H groups in total. The van der Waals surface area contributed by atoms with Crippen LogP contribution in [0.4, 0.5) is 22.0 Å². The van der Waals surface area contributed by atoms with Crippen LogP contribution in [0.25, 0.3) is 28.0 Å². The molecule has 0 amide bonds. The first-order valence-corrected chi connectivity index (χ1v) is 12.2. The zero-order valence-corrected chi connectivity index (χ0v) is 20.9. The zero-order chi connectivity index (χ0) is 28.7. The Morgan fingerprint density at radius 2 is 1.76 bits per heavy atom. The lowest BCUT2D eigenvalue weighted by molar-refractivity contribution is -0.137. The van der Waals surface area contributed by atoms with Crippen molar-refractivity contribution in [3.05, 3.63) is 130 Å². The highest BCUT2D eigenvalue weighted by Gasteiger charge is 2.31. The van der Waals surface area contributed by atoms with Gasteiger partial charge in [0.25, 0.3) is 0 Å². The topological polar surface area (TPSA) is 78.7 Å². The number of pyridine rings is 1. The number of hydrogen-bond donors (Lipinski definition) is 0. The second kappa shape index (κ2) is 10.1. The van der Waals surface area contributed by atoms with E-state index in [0.717, 1.165) is 23.8 Å². The molecule has 0 saturated carbocycles. The summed E-state index contributed by atoms with van der Waals surface area (Å²) < 4.78 is 77.6. The molecule has 0 aliphatic heterocycles. The summed E-state index contributed by atoms with van der Waals surface area (Å²) in [6.07, 6.45) is 1.25. The highest BCUT2D eigenvalue weighted by molar-refractivity contribution is 5.85. The number of fused-ring (bicyclic) bond motifs is 1. The third-order valence-corrected chi connectivity index (χ3v) is 6.56. The van der Waals surface area contributed by atoms with Crippen LogP contribution in [0.15, 0.2) is 94.9 Å². The molecule has 6 rings (SSSR count). The molecule has 0 spiro atoms. The molecule has 3 heterocycles. The highest BCUT2D eigenvalue weighted by atomic mass is 19.4. The highest BCUT2D eigenvalue weighted by Crippen LogP contribution is 2.31. The number of imidazole rings is 1. The lowest BCUT2D eigenvalue weighted by Gasteiger charge is -2.16. The molecule has 206 valence electrons. The van der Waals surface area contributed by atoms with E-state index in [1.165, 1.54) is 40.1 Å². The molecule has 0 bridgehead atoms. The number of rotatable bonds is 6. The van der Waals surface area contributed by atoms with Gasteiger partial charge in [-0.3, -0.25) is 4.79 Å². The van der Waals surface area contributed by atoms with Crippen LogP contribution in [0.5, 0.6) is 0 Å². The molecule has 0 radical (unpaired) electrons. The van der Waals surface area contributed by atoms with Crippen molar-refractivity contribution < 1.29 is 26.5 Å². The third-order valence-electron chi connectivity index (χ3n) is 6.56. The van der Waals surface area contributed by atoms with E-state index in [0.29, 0.717) is 12.5 Å². The average Bonchev–Trinajstić information content (AvgIpc) is 3.64. The Kier molecular flexibility index (Phi) is 6.45. The SMILES string of the molecule is O=c1c(-c2noc(Cc3ccccc3)n2)cn(Cc2ccc(C(F)(F)F)cc2F)c2cc(-n3ccnc3)c(F)cc12. The van der Waals surface area contributed by atoms with Crippen LogP contribution < -0.4 is 5.43 Å². The molecule has 12 heteroatoms. The molecule has 0 aliphatic carbocycles. The van der Waals surface area contributed by atoms with Gasteiger partial charge < -0.3 is 13.7 Å². The van der Waals surface area contributed by atoms with Gasteiger partial charge in [0.1, 0.15) is 11.6 Å². The first-order chi connectivity index (χ1) is 19.7. The van der Waals surface area contributed by atoms with Crippen molar-refractivity contribution in [2.75, 3.05) is 0 Å². The van der Waals surface area contributed by atoms with Gasteiger partial charge in [0.05, 0.1) is 41.6 Å². The van der Waals surface area contributed by atoms with E-state index in [2.05, 4.69) is 15.1 Å². The van der Waals surface area contributed by atoms with E-state index >= 15 is 4.39 Å². The molecule has 0 aliphatic rings. The Labute approximate surface area is 228 Å². The normalized spacial score (nSPS) is 11.8. The van der Waals surface area contributed by atoms with Crippen LogP contribution in [0.2, 0.25) is 0 Å². The molecule has 0 atom stereocenters. The fraction of sp³-hybridized carbons (Fsp3) is 0.103. The zero-order valence-electron chi connectivity index (χ0n) is 20.9. The second-order valence-corrected chi connectivity index (χ2v) is 9.27. The van der Waals surface area contributed by atoms with Gasteiger partial charge >= 0.3 is 6.18 Å². The Hall–Kier alpha value is -5.13. The summed E-state index contributed by atoms with van der Waals surface area (Å²) in [6, 6.07) is 13.9. The van der Waals surface area contributed by atoms with E-state index in [4.69, 9.17) is 4.52 Å². The van der Waals surface area contributed by atoms with Crippen molar-refractivity contribution in [1.29, 1.82) is 0 Å². The maximum Gasteiger partial charge on any atom is 0.416 e. The molecule has 3 aromatic carbocycles. The van der Waals surface area contributed by atoms with Gasteiger partial charge in [0.15, 0.2) is 0 Å². The first-order valence-electron chi connectivity index (χ1n) is 12.2. The van der Waals surface area contributed by atoms with Crippen molar-refractivity contribution in [2.24, 2.45) is 0 Å². The van der Waals surface area contributed by atoms with Gasteiger partial charge in [-0.2, -0.15) is 18.2 Å². The minimum atomic E-state index is -4.72. The van der Waals surface area contributed by atoms with Crippen LogP contribution >= 0.6 is 0 Å². The van der Waals surface area contributed by atoms with Gasteiger partial charge in [-0.15, -0.1) is 0 Å². The molecule has 0 fully saturated rings. The predicted octanol–water partition coefficient (Wildman–Crippen LogP) is 6.17. The third kappa shape index (κ3) is 5.11. The van der Waals surface area contributed by atoms with Crippen LogP contribution in [0.1, 0.15) is 22.6 Å². The molecule has 41 heavy (non-hydrogen) atoms. The van der Waals surface area contributed by atoms with Crippen LogP contribution in [-0.4, -0.2) is 24.3 Å². The van der Waals surface area contributed by atoms with Gasteiger partial charge in [0.2, 0.25) is 17.1 Å². The fourth-order valence-electron chi connectivity index (χ4n) is 4.53. The summed E-state index contributed by atoms with van der Waals surface area (Å²) in [5, 5.41) is 3.87. The molecule has 0 unspecified atom stereocenters. The van der Waals surface area contributed by atoms with E-state index in [-0.39, 0.29) is 46.0 Å². The fourth-order valence-corrected chi connectivity index (χ4v) is 4.53. The Morgan fingerprint density at radius 1 is 0.951 bits per heavy atom. The summed E-state index contributed by atoms with van der Waals surface area (Å²) >= 11 is 0. The van der Waals surface area contributed by atoms with Gasteiger partial charge in [-0.1, -0.05) is 41.6 Å². The molecule has 7 nitrogen and oxygen atoms in total. The van der Waals surface area contributed by atoms with Crippen molar-refractivity contribution in [2.45, 2.75) is 19.1 Å². The standard InChI is InChI=1S/C29H18F5N5O2/c30-22-11-19(29(32,33)34)7-6-18(22)14-39-15-21(28-36-26(41-37-28)10-17-4-2-1-3-5-17)27(40)20-12-23(31)25(13-24(20)39)38-9-8-35-16-38/h1-9,11-13,15-16H,10,14H2. The summed E-state index contributed by atoms with van der Waals surface area (Å²) in [6.45, 7) is -0.280. The predicted molar refractivity (Wildman–Crippen MR) is 138 cm³/mol. The maximum atomic E-state index is 15.2. The lowest BCUT2D eigenvalue weighted by atomic mass is 10.1. The number of alkyl halides is 3. The molecular weight excluding hydrogens is 545 g/mol. The Morgan fingerprint density at radius 3 is 2.46 bits per heavy atom. The maximum absolute atomic E-state index is 15.2. The Bertz CT molecular complexity index is 1930. The summed E-state index contributed by atoms with van der Waals surface area (Å²) in [7, 11) is 0. The van der Waals surface area contributed by atoms with Crippen molar-refractivity contribution in [1.82, 2.24) is 24.3 Å². The minimum absolute atomic E-state index is 0.0531. The van der Waals surface area contributed by atoms with Crippen LogP contribution in [-0.2, 0) is 19.1 Å². The number of halogens is 5. The average molecular weight is 563 g/mol. The van der Waals surface area contributed by atoms with Crippen LogP contribution in [0, 0.1) is 11.6 Å². The first kappa shape index (κ1) is 26.1. The molecule has 0 saturated heterocycles. The monoisotopic (exact) mass is 563 g/mol. The van der Waals surface area contributed by atoms with Gasteiger partial charge in [0, 0.05) is 29.5 Å². The summed E-state index contributed by atoms with van der Waals surface area (Å²) in [5.41, 5.74) is -0.711. The van der Waals surface area contributed by atoms with E-state index in [9.17, 15) is 22.4 Å². The van der Waals surface area contributed by atoms with Crippen molar-refractivity contribution >= 4 is 10.9 Å². The van der Waals surface area contributed by atoms with E-state index in [1.807, 2.05) is 30.3 Å². The van der Waals surface area contributed by atoms with Crippen LogP contribution in [0.3, 0.4) is 0 Å². The van der Waals surface area contributed by atoms with E-state index in [1.54, 1.807) is 0 Å². The molecule has 6 aromatic rings. The van der Waals surface area contributed by atoms with E-state index < -0.39 is 28.8 Å². The largest absolute Gasteiger partial charge is 0.416 e. The smallest absolute Gasteiger partial charge is 0.342 e. The minimum Gasteiger partial charge on any atom is -0.342 e. The summed E-state index contributed by atoms with van der Waals surface area (Å²) in [5.74, 6) is -1.65. The number of benzene rings is 3.